The van der Waals surface area contributed by atoms with Gasteiger partial charge in [0.15, 0.2) is 11.6 Å². The largest absolute Gasteiger partial charge is 0.465 e. The van der Waals surface area contributed by atoms with Crippen molar-refractivity contribution >= 4 is 28.7 Å². The molecule has 1 aromatic carbocycles. The van der Waals surface area contributed by atoms with Gasteiger partial charge in [0, 0.05) is 30.7 Å². The second kappa shape index (κ2) is 8.38. The molecular formula is C24H27FN4O4. The van der Waals surface area contributed by atoms with Crippen LogP contribution in [-0.4, -0.2) is 44.1 Å². The van der Waals surface area contributed by atoms with Crippen molar-refractivity contribution in [1.82, 2.24) is 14.9 Å². The number of hydrogen-bond donors (Lipinski definition) is 3. The Hall–Kier alpha value is -3.62. The van der Waals surface area contributed by atoms with Crippen molar-refractivity contribution < 1.29 is 23.8 Å². The van der Waals surface area contributed by atoms with Crippen molar-refractivity contribution in [2.45, 2.75) is 45.6 Å². The summed E-state index contributed by atoms with van der Waals surface area (Å²) in [6, 6.07) is 7.57. The summed E-state index contributed by atoms with van der Waals surface area (Å²) in [5.74, 6) is -0.676. The number of likely N-dealkylation sites (tertiary alicyclic amines) is 1. The number of anilines is 1. The van der Waals surface area contributed by atoms with E-state index in [4.69, 9.17) is 4.74 Å². The lowest BCUT2D eigenvalue weighted by Crippen LogP contribution is -2.67. The molecule has 0 saturated carbocycles. The van der Waals surface area contributed by atoms with E-state index in [-0.39, 0.29) is 18.0 Å². The van der Waals surface area contributed by atoms with E-state index in [0.717, 1.165) is 6.42 Å². The van der Waals surface area contributed by atoms with Gasteiger partial charge >= 0.3 is 6.09 Å². The van der Waals surface area contributed by atoms with Gasteiger partial charge in [-0.05, 0) is 48.9 Å². The van der Waals surface area contributed by atoms with Gasteiger partial charge in [0.25, 0.3) is 5.91 Å². The van der Waals surface area contributed by atoms with Gasteiger partial charge in [-0.25, -0.2) is 14.2 Å². The molecule has 0 spiro atoms. The predicted octanol–water partition coefficient (Wildman–Crippen LogP) is 5.38. The minimum atomic E-state index is -1.26. The van der Waals surface area contributed by atoms with E-state index in [2.05, 4.69) is 15.3 Å². The molecule has 4 rings (SSSR count). The highest BCUT2D eigenvalue weighted by atomic mass is 19.1. The molecule has 1 atom stereocenters. The molecule has 0 aliphatic carbocycles. The molecule has 3 aromatic rings. The van der Waals surface area contributed by atoms with E-state index >= 15 is 0 Å². The Balaban J connectivity index is 1.59. The maximum atomic E-state index is 14.9. The van der Waals surface area contributed by atoms with Crippen molar-refractivity contribution in [2.75, 3.05) is 11.9 Å². The number of hydrogen-bond acceptors (Lipinski definition) is 4. The Morgan fingerprint density at radius 1 is 1.21 bits per heavy atom. The first-order valence-electron chi connectivity index (χ1n) is 10.8. The summed E-state index contributed by atoms with van der Waals surface area (Å²) in [7, 11) is 0. The number of amides is 2. The number of H-pyrrole nitrogens is 1. The van der Waals surface area contributed by atoms with Gasteiger partial charge in [-0.2, -0.15) is 0 Å². The van der Waals surface area contributed by atoms with Gasteiger partial charge in [0.05, 0.1) is 5.39 Å². The topological polar surface area (TPSA) is 108 Å². The Bertz CT molecular complexity index is 1200. The van der Waals surface area contributed by atoms with Crippen molar-refractivity contribution in [3.8, 4) is 11.5 Å². The number of aromatic nitrogens is 2. The lowest BCUT2D eigenvalue weighted by molar-refractivity contribution is -0.137. The minimum absolute atomic E-state index is 0.00272. The van der Waals surface area contributed by atoms with Crippen LogP contribution in [0.3, 0.4) is 0 Å². The highest BCUT2D eigenvalue weighted by Crippen LogP contribution is 2.44. The molecule has 3 N–H and O–H groups in total. The quantitative estimate of drug-likeness (QED) is 0.490. The van der Waals surface area contributed by atoms with Crippen LogP contribution in [0.1, 0.15) is 40.0 Å². The number of ether oxygens (including phenoxy) is 1. The average molecular weight is 455 g/mol. The van der Waals surface area contributed by atoms with E-state index in [1.807, 2.05) is 20.8 Å². The van der Waals surface area contributed by atoms with Crippen LogP contribution < -0.4 is 10.1 Å². The molecule has 1 unspecified atom stereocenters. The third-order valence-corrected chi connectivity index (χ3v) is 6.31. The monoisotopic (exact) mass is 454 g/mol. The maximum Gasteiger partial charge on any atom is 0.408 e. The van der Waals surface area contributed by atoms with Gasteiger partial charge in [-0.3, -0.25) is 9.69 Å². The molecule has 1 saturated heterocycles. The van der Waals surface area contributed by atoms with Crippen LogP contribution in [0.2, 0.25) is 0 Å². The number of carbonyl (C=O) groups excluding carboxylic acids is 1. The summed E-state index contributed by atoms with van der Waals surface area (Å²) >= 11 is 0. The van der Waals surface area contributed by atoms with Crippen LogP contribution in [-0.2, 0) is 4.79 Å². The van der Waals surface area contributed by atoms with Crippen LogP contribution >= 0.6 is 0 Å². The normalized spacial score (nSPS) is 18.8. The molecule has 174 valence electrons. The number of piperidine rings is 1. The molecule has 9 heteroatoms. The highest BCUT2D eigenvalue weighted by molar-refractivity contribution is 6.00. The van der Waals surface area contributed by atoms with Crippen LogP contribution in [0.15, 0.2) is 42.7 Å². The maximum absolute atomic E-state index is 14.9. The zero-order valence-corrected chi connectivity index (χ0v) is 18.8. The average Bonchev–Trinajstić information content (AvgIpc) is 3.24. The number of aromatic amines is 1. The molecule has 2 aromatic heterocycles. The number of fused-ring (bicyclic) bond motifs is 1. The molecule has 2 amide bonds. The highest BCUT2D eigenvalue weighted by Gasteiger charge is 2.55. The standard InChI is InChI=1S/C24H27FN4O4/c1-23(2,3)24(10-4-5-13-29(24)22(31)32)21(30)28-15-6-7-19(17(25)14-15)33-18-9-12-27-20-16(18)8-11-26-20/h6-9,11-12,14H,4-5,10,13H2,1-3H3,(H,26,27)(H,28,30)(H,31,32). The fraction of sp³-hybridized carbons (Fsp3) is 0.375. The first kappa shape index (κ1) is 22.6. The third kappa shape index (κ3) is 3.99. The van der Waals surface area contributed by atoms with Crippen molar-refractivity contribution in [3.05, 3.63) is 48.5 Å². The SMILES string of the molecule is CC(C)(C)C1(C(=O)Nc2ccc(Oc3ccnc4[nH]ccc34)c(F)c2)CCCCN1C(=O)O. The molecule has 0 radical (unpaired) electrons. The summed E-state index contributed by atoms with van der Waals surface area (Å²) in [5, 5.41) is 13.3. The van der Waals surface area contributed by atoms with Gasteiger partial charge < -0.3 is 20.1 Å². The van der Waals surface area contributed by atoms with Gasteiger partial charge in [-0.1, -0.05) is 20.8 Å². The summed E-state index contributed by atoms with van der Waals surface area (Å²) in [6.45, 7) is 5.83. The first-order chi connectivity index (χ1) is 15.6. The van der Waals surface area contributed by atoms with E-state index in [9.17, 15) is 19.1 Å². The predicted molar refractivity (Wildman–Crippen MR) is 122 cm³/mol. The molecule has 3 heterocycles. The Morgan fingerprint density at radius 3 is 2.70 bits per heavy atom. The third-order valence-electron chi connectivity index (χ3n) is 6.31. The number of carbonyl (C=O) groups is 2. The van der Waals surface area contributed by atoms with Crippen LogP contribution in [0.5, 0.6) is 11.5 Å². The van der Waals surface area contributed by atoms with Crippen LogP contribution in [0, 0.1) is 11.2 Å². The van der Waals surface area contributed by atoms with Gasteiger partial charge in [-0.15, -0.1) is 0 Å². The fourth-order valence-electron chi connectivity index (χ4n) is 4.63. The van der Waals surface area contributed by atoms with E-state index in [1.54, 1.807) is 24.5 Å². The molecule has 1 fully saturated rings. The zero-order valence-electron chi connectivity index (χ0n) is 18.8. The number of nitrogens with zero attached hydrogens (tertiary/aromatic N) is 2. The molecule has 33 heavy (non-hydrogen) atoms. The second-order valence-electron chi connectivity index (χ2n) is 9.25. The van der Waals surface area contributed by atoms with Crippen LogP contribution in [0.25, 0.3) is 11.0 Å². The first-order valence-corrected chi connectivity index (χ1v) is 10.8. The lowest BCUT2D eigenvalue weighted by Gasteiger charge is -2.51. The van der Waals surface area contributed by atoms with E-state index in [1.165, 1.54) is 23.1 Å². The molecule has 8 nitrogen and oxygen atoms in total. The summed E-state index contributed by atoms with van der Waals surface area (Å²) < 4.78 is 20.6. The number of nitrogens with one attached hydrogen (secondary N) is 2. The van der Waals surface area contributed by atoms with Crippen molar-refractivity contribution in [3.63, 3.8) is 0 Å². The van der Waals surface area contributed by atoms with Crippen molar-refractivity contribution in [2.24, 2.45) is 5.41 Å². The smallest absolute Gasteiger partial charge is 0.408 e. The molecule has 0 bridgehead atoms. The minimum Gasteiger partial charge on any atom is -0.465 e. The number of benzene rings is 1. The summed E-state index contributed by atoms with van der Waals surface area (Å²) in [6.07, 6.45) is 3.97. The lowest BCUT2D eigenvalue weighted by atomic mass is 9.67. The Morgan fingerprint density at radius 2 is 2.00 bits per heavy atom. The Labute approximate surface area is 190 Å². The van der Waals surface area contributed by atoms with Gasteiger partial charge in [0.2, 0.25) is 0 Å². The zero-order chi connectivity index (χ0) is 23.8. The second-order valence-corrected chi connectivity index (χ2v) is 9.25. The van der Waals surface area contributed by atoms with E-state index < -0.39 is 28.8 Å². The van der Waals surface area contributed by atoms with Crippen LogP contribution in [0.4, 0.5) is 14.9 Å². The van der Waals surface area contributed by atoms with Gasteiger partial charge in [0.1, 0.15) is 16.9 Å². The number of pyridine rings is 1. The molecule has 1 aliphatic rings. The number of rotatable bonds is 4. The number of halogens is 1. The molecule has 1 aliphatic heterocycles. The Kier molecular flexibility index (Phi) is 5.73. The fourth-order valence-corrected chi connectivity index (χ4v) is 4.63. The number of carboxylic acid groups (broad SMARTS) is 1. The molecular weight excluding hydrogens is 427 g/mol. The summed E-state index contributed by atoms with van der Waals surface area (Å²) in [4.78, 5) is 33.8. The van der Waals surface area contributed by atoms with Crippen molar-refractivity contribution in [1.29, 1.82) is 0 Å². The summed E-state index contributed by atoms with van der Waals surface area (Å²) in [5.41, 5.74) is -1.08. The van der Waals surface area contributed by atoms with E-state index in [0.29, 0.717) is 29.6 Å².